The fourth-order valence-corrected chi connectivity index (χ4v) is 1.55. The van der Waals surface area contributed by atoms with Crippen LogP contribution in [-0.4, -0.2) is 60.5 Å². The largest absolute Gasteiger partial charge is 0.384 e. The predicted octanol–water partition coefficient (Wildman–Crippen LogP) is 6.10. The molecule has 170 valence electrons. The topological polar surface area (TPSA) is 0 Å². The Hall–Kier alpha value is -1.19. The molecular formula is C11H7F17. The SMILES string of the molecule is CC(F)(F)C(F)(F)C(F)(F)C(F)(F)C(F)(F)C(F)(F)C(F)C(F)C(F)C(F)F. The summed E-state index contributed by atoms with van der Waals surface area (Å²) >= 11 is 0. The Kier molecular flexibility index (Phi) is 6.94. The van der Waals surface area contributed by atoms with Gasteiger partial charge >= 0.3 is 35.5 Å². The van der Waals surface area contributed by atoms with E-state index in [0.29, 0.717) is 0 Å². The van der Waals surface area contributed by atoms with Gasteiger partial charge in [0.15, 0.2) is 12.3 Å². The van der Waals surface area contributed by atoms with E-state index < -0.39 is 67.4 Å². The first-order valence-corrected chi connectivity index (χ1v) is 6.40. The maximum Gasteiger partial charge on any atom is 0.384 e. The Balaban J connectivity index is 6.32. The Morgan fingerprint density at radius 2 is 0.786 bits per heavy atom. The van der Waals surface area contributed by atoms with Crippen LogP contribution in [0.15, 0.2) is 0 Å². The molecule has 0 saturated heterocycles. The average Bonchev–Trinajstić information content (AvgIpc) is 2.50. The van der Waals surface area contributed by atoms with E-state index in [1.807, 2.05) is 0 Å². The number of alkyl halides is 17. The minimum absolute atomic E-state index is 1.18. The van der Waals surface area contributed by atoms with Gasteiger partial charge < -0.3 is 0 Å². The van der Waals surface area contributed by atoms with Crippen LogP contribution in [0.25, 0.3) is 0 Å². The van der Waals surface area contributed by atoms with Gasteiger partial charge in [0.1, 0.15) is 0 Å². The van der Waals surface area contributed by atoms with Crippen molar-refractivity contribution in [2.45, 2.75) is 67.4 Å². The van der Waals surface area contributed by atoms with Gasteiger partial charge in [0.2, 0.25) is 6.17 Å². The van der Waals surface area contributed by atoms with Gasteiger partial charge in [-0.2, -0.15) is 52.7 Å². The van der Waals surface area contributed by atoms with Crippen molar-refractivity contribution in [3.05, 3.63) is 0 Å². The molecule has 28 heavy (non-hydrogen) atoms. The number of halogens is 17. The molecule has 0 amide bonds. The van der Waals surface area contributed by atoms with Crippen LogP contribution in [0.2, 0.25) is 0 Å². The lowest BCUT2D eigenvalue weighted by Gasteiger charge is -2.41. The van der Waals surface area contributed by atoms with Crippen LogP contribution < -0.4 is 0 Å². The third-order valence-electron chi connectivity index (χ3n) is 3.32. The van der Waals surface area contributed by atoms with Gasteiger partial charge in [0.25, 0.3) is 6.43 Å². The molecule has 0 aromatic heterocycles. The van der Waals surface area contributed by atoms with Crippen LogP contribution in [-0.2, 0) is 0 Å². The van der Waals surface area contributed by atoms with Gasteiger partial charge in [-0.15, -0.1) is 0 Å². The van der Waals surface area contributed by atoms with Crippen LogP contribution in [0, 0.1) is 0 Å². The van der Waals surface area contributed by atoms with Crippen molar-refractivity contribution < 1.29 is 74.6 Å². The fourth-order valence-electron chi connectivity index (χ4n) is 1.55. The highest BCUT2D eigenvalue weighted by atomic mass is 19.4. The summed E-state index contributed by atoms with van der Waals surface area (Å²) in [6.45, 7) is -1.18. The normalized spacial score (nSPS) is 19.0. The highest BCUT2D eigenvalue weighted by Gasteiger charge is 2.90. The monoisotopic (exact) mass is 462 g/mol. The molecule has 0 bridgehead atoms. The first-order valence-electron chi connectivity index (χ1n) is 6.40. The van der Waals surface area contributed by atoms with Gasteiger partial charge in [-0.25, -0.2) is 22.0 Å². The average molecular weight is 462 g/mol. The van der Waals surface area contributed by atoms with E-state index in [4.69, 9.17) is 0 Å². The molecule has 0 spiro atoms. The van der Waals surface area contributed by atoms with E-state index in [2.05, 4.69) is 0 Å². The van der Waals surface area contributed by atoms with E-state index in [0.717, 1.165) is 0 Å². The number of hydrogen-bond donors (Lipinski definition) is 0. The van der Waals surface area contributed by atoms with Crippen LogP contribution in [0.3, 0.4) is 0 Å². The summed E-state index contributed by atoms with van der Waals surface area (Å²) < 4.78 is 218. The highest BCUT2D eigenvalue weighted by molar-refractivity contribution is 5.13. The Morgan fingerprint density at radius 3 is 1.07 bits per heavy atom. The summed E-state index contributed by atoms with van der Waals surface area (Å²) in [4.78, 5) is 0. The third-order valence-corrected chi connectivity index (χ3v) is 3.32. The van der Waals surface area contributed by atoms with Crippen molar-refractivity contribution in [3.8, 4) is 0 Å². The van der Waals surface area contributed by atoms with E-state index >= 15 is 0 Å². The minimum Gasteiger partial charge on any atom is -0.241 e. The first kappa shape index (κ1) is 26.8. The zero-order valence-electron chi connectivity index (χ0n) is 12.7. The lowest BCUT2D eigenvalue weighted by molar-refractivity contribution is -0.428. The molecule has 0 nitrogen and oxygen atoms in total. The number of hydrogen-bond acceptors (Lipinski definition) is 0. The molecule has 0 saturated carbocycles. The second-order valence-electron chi connectivity index (χ2n) is 5.43. The maximum atomic E-state index is 13.2. The Morgan fingerprint density at radius 1 is 0.464 bits per heavy atom. The molecule has 0 N–H and O–H groups in total. The van der Waals surface area contributed by atoms with Gasteiger partial charge in [0.05, 0.1) is 0 Å². The lowest BCUT2D eigenvalue weighted by Crippen LogP contribution is -2.72. The smallest absolute Gasteiger partial charge is 0.241 e. The molecular weight excluding hydrogens is 455 g/mol. The van der Waals surface area contributed by atoms with Crippen molar-refractivity contribution in [1.82, 2.24) is 0 Å². The Bertz CT molecular complexity index is 532. The molecule has 0 heterocycles. The Labute approximate surface area is 143 Å². The van der Waals surface area contributed by atoms with Crippen LogP contribution >= 0.6 is 0 Å². The van der Waals surface area contributed by atoms with Crippen LogP contribution in [0.1, 0.15) is 6.92 Å². The number of rotatable bonds is 9. The fraction of sp³-hybridized carbons (Fsp3) is 1.00. The standard InChI is InChI=1S/C11H7F17/c1-6(17,18)8(21,22)10(25,26)11(27,28)9(23,24)7(19,20)4(14)2(12)3(13)5(15)16/h2-5H,1H3. The second-order valence-corrected chi connectivity index (χ2v) is 5.43. The zero-order chi connectivity index (χ0) is 23.3. The van der Waals surface area contributed by atoms with Gasteiger partial charge in [0, 0.05) is 6.92 Å². The minimum atomic E-state index is -8.20. The molecule has 0 aliphatic carbocycles. The molecule has 0 fully saturated rings. The van der Waals surface area contributed by atoms with Crippen molar-refractivity contribution in [2.75, 3.05) is 0 Å². The summed E-state index contributed by atoms with van der Waals surface area (Å²) in [5.41, 5.74) is 0. The summed E-state index contributed by atoms with van der Waals surface area (Å²) in [6, 6.07) is 0. The van der Waals surface area contributed by atoms with E-state index in [1.54, 1.807) is 0 Å². The summed E-state index contributed by atoms with van der Waals surface area (Å²) in [6.07, 6.45) is -20.0. The summed E-state index contributed by atoms with van der Waals surface area (Å²) in [5, 5.41) is 0. The third kappa shape index (κ3) is 3.68. The van der Waals surface area contributed by atoms with E-state index in [1.165, 1.54) is 0 Å². The van der Waals surface area contributed by atoms with Gasteiger partial charge in [-0.05, 0) is 0 Å². The molecule has 0 aromatic carbocycles. The molecule has 3 atom stereocenters. The molecule has 3 unspecified atom stereocenters. The van der Waals surface area contributed by atoms with Gasteiger partial charge in [-0.3, -0.25) is 0 Å². The van der Waals surface area contributed by atoms with E-state index in [9.17, 15) is 74.6 Å². The summed E-state index contributed by atoms with van der Waals surface area (Å²) in [5.74, 6) is -45.5. The van der Waals surface area contributed by atoms with Crippen molar-refractivity contribution in [3.63, 3.8) is 0 Å². The highest BCUT2D eigenvalue weighted by Crippen LogP contribution is 2.60. The maximum absolute atomic E-state index is 13.2. The van der Waals surface area contributed by atoms with Crippen molar-refractivity contribution >= 4 is 0 Å². The molecule has 0 aliphatic heterocycles. The van der Waals surface area contributed by atoms with Crippen LogP contribution in [0.5, 0.6) is 0 Å². The van der Waals surface area contributed by atoms with Gasteiger partial charge in [-0.1, -0.05) is 0 Å². The van der Waals surface area contributed by atoms with E-state index in [-0.39, 0.29) is 0 Å². The second kappa shape index (κ2) is 7.25. The molecule has 0 rings (SSSR count). The van der Waals surface area contributed by atoms with Crippen molar-refractivity contribution in [2.24, 2.45) is 0 Å². The molecule has 17 heteroatoms. The zero-order valence-corrected chi connectivity index (χ0v) is 12.7. The summed E-state index contributed by atoms with van der Waals surface area (Å²) in [7, 11) is 0. The molecule has 0 aliphatic rings. The predicted molar refractivity (Wildman–Crippen MR) is 56.0 cm³/mol. The first-order chi connectivity index (χ1) is 11.9. The lowest BCUT2D eigenvalue weighted by atomic mass is 9.89. The van der Waals surface area contributed by atoms with Crippen LogP contribution in [0.4, 0.5) is 74.6 Å². The quantitative estimate of drug-likeness (QED) is 0.364. The van der Waals surface area contributed by atoms with Crippen molar-refractivity contribution in [1.29, 1.82) is 0 Å². The molecule has 0 aromatic rings. The molecule has 0 radical (unpaired) electrons.